The van der Waals surface area contributed by atoms with Gasteiger partial charge in [-0.2, -0.15) is 0 Å². The van der Waals surface area contributed by atoms with Gasteiger partial charge in [0.05, 0.1) is 5.69 Å². The third-order valence-electron chi connectivity index (χ3n) is 6.88. The summed E-state index contributed by atoms with van der Waals surface area (Å²) in [6.45, 7) is 7.46. The highest BCUT2D eigenvalue weighted by Crippen LogP contribution is 2.33. The topological polar surface area (TPSA) is 105 Å². The molecule has 2 aromatic heterocycles. The molecule has 1 aliphatic rings. The molecule has 1 aromatic carbocycles. The monoisotopic (exact) mass is 488 g/mol. The van der Waals surface area contributed by atoms with Crippen molar-refractivity contribution in [2.24, 2.45) is 11.8 Å². The number of amides is 1. The number of aromatic nitrogens is 3. The van der Waals surface area contributed by atoms with Crippen molar-refractivity contribution in [3.8, 4) is 16.8 Å². The lowest BCUT2D eigenvalue weighted by atomic mass is 9.82. The Morgan fingerprint density at radius 3 is 2.28 bits per heavy atom. The van der Waals surface area contributed by atoms with Gasteiger partial charge in [0.25, 0.3) is 0 Å². The molecule has 0 unspecified atom stereocenters. The molecular formula is C28H32N4O4. The molecule has 8 nitrogen and oxygen atoms in total. The quantitative estimate of drug-likeness (QED) is 0.446. The number of ketones is 1. The first-order valence-corrected chi connectivity index (χ1v) is 12.4. The second-order valence-corrected chi connectivity index (χ2v) is 9.94. The second-order valence-electron chi connectivity index (χ2n) is 9.94. The molecule has 1 fully saturated rings. The number of hydrogen-bond donors (Lipinski definition) is 1. The van der Waals surface area contributed by atoms with Gasteiger partial charge in [-0.15, -0.1) is 5.10 Å². The maximum Gasteiger partial charge on any atom is 0.341 e. The van der Waals surface area contributed by atoms with Crippen LogP contribution in [0.25, 0.3) is 16.8 Å². The van der Waals surface area contributed by atoms with E-state index in [0.717, 1.165) is 36.8 Å². The highest BCUT2D eigenvalue weighted by atomic mass is 16.4. The number of carbonyl (C=O) groups excluding carboxylic acids is 2. The van der Waals surface area contributed by atoms with E-state index in [9.17, 15) is 19.5 Å². The van der Waals surface area contributed by atoms with E-state index in [-0.39, 0.29) is 35.0 Å². The summed E-state index contributed by atoms with van der Waals surface area (Å²) in [6.07, 6.45) is 8.30. The van der Waals surface area contributed by atoms with Crippen molar-refractivity contribution in [3.05, 3.63) is 60.0 Å². The summed E-state index contributed by atoms with van der Waals surface area (Å²) in [5.74, 6) is -0.580. The van der Waals surface area contributed by atoms with E-state index in [1.54, 1.807) is 17.2 Å². The van der Waals surface area contributed by atoms with Gasteiger partial charge in [-0.1, -0.05) is 19.1 Å². The third kappa shape index (κ3) is 5.22. The van der Waals surface area contributed by atoms with Gasteiger partial charge in [0.2, 0.25) is 5.91 Å². The van der Waals surface area contributed by atoms with Crippen LogP contribution < -0.4 is 4.90 Å². The maximum absolute atomic E-state index is 13.5. The third-order valence-corrected chi connectivity index (χ3v) is 6.88. The minimum absolute atomic E-state index is 0.0105. The van der Waals surface area contributed by atoms with Crippen molar-refractivity contribution in [2.45, 2.75) is 59.4 Å². The van der Waals surface area contributed by atoms with Crippen molar-refractivity contribution in [2.75, 3.05) is 4.90 Å². The zero-order chi connectivity index (χ0) is 26.0. The molecule has 188 valence electrons. The Hall–Kier alpha value is -3.81. The van der Waals surface area contributed by atoms with Gasteiger partial charge >= 0.3 is 5.97 Å². The maximum atomic E-state index is 13.5. The summed E-state index contributed by atoms with van der Waals surface area (Å²) in [6, 6.07) is 8.93. The van der Waals surface area contributed by atoms with Crippen LogP contribution in [0.5, 0.6) is 0 Å². The Labute approximate surface area is 211 Å². The van der Waals surface area contributed by atoms with Gasteiger partial charge in [-0.05, 0) is 76.1 Å². The average molecular weight is 489 g/mol. The summed E-state index contributed by atoms with van der Waals surface area (Å²) < 4.78 is 1.50. The van der Waals surface area contributed by atoms with E-state index in [0.29, 0.717) is 17.2 Å². The van der Waals surface area contributed by atoms with Crippen LogP contribution in [0.2, 0.25) is 0 Å². The van der Waals surface area contributed by atoms with Gasteiger partial charge in [0, 0.05) is 41.7 Å². The van der Waals surface area contributed by atoms with Crippen molar-refractivity contribution in [1.29, 1.82) is 0 Å². The number of carbonyl (C=O) groups is 3. The SMILES string of the molecule is CC(=O)c1cncc(-c2ccc(-n3cc(C(=O)O)c(N(C(=O)C4CCC(C)CC4)C(C)C)n3)cc2)c1. The Morgan fingerprint density at radius 1 is 1.03 bits per heavy atom. The smallest absolute Gasteiger partial charge is 0.341 e. The molecule has 1 amide bonds. The minimum atomic E-state index is -1.13. The summed E-state index contributed by atoms with van der Waals surface area (Å²) in [7, 11) is 0. The van der Waals surface area contributed by atoms with Crippen molar-refractivity contribution < 1.29 is 19.5 Å². The van der Waals surface area contributed by atoms with E-state index in [1.807, 2.05) is 38.1 Å². The molecule has 8 heteroatoms. The van der Waals surface area contributed by atoms with Crippen LogP contribution in [0.4, 0.5) is 5.82 Å². The first-order chi connectivity index (χ1) is 17.2. The summed E-state index contributed by atoms with van der Waals surface area (Å²) in [5.41, 5.74) is 2.85. The molecule has 0 aliphatic heterocycles. The van der Waals surface area contributed by atoms with Crippen molar-refractivity contribution in [3.63, 3.8) is 0 Å². The second kappa shape index (κ2) is 10.4. The van der Waals surface area contributed by atoms with Crippen LogP contribution in [0.1, 0.15) is 74.1 Å². The first kappa shape index (κ1) is 25.3. The standard InChI is InChI=1S/C28H32N4O4/c1-17(2)32(27(34)21-7-5-18(3)6-8-21)26-25(28(35)36)16-31(30-26)24-11-9-20(10-12-24)23-13-22(19(4)33)14-29-15-23/h9-18,21H,5-8H2,1-4H3,(H,35,36). The van der Waals surface area contributed by atoms with Crippen LogP contribution in [0.15, 0.2) is 48.9 Å². The molecule has 2 heterocycles. The highest BCUT2D eigenvalue weighted by Gasteiger charge is 2.34. The number of pyridine rings is 1. The van der Waals surface area contributed by atoms with Gasteiger partial charge < -0.3 is 5.11 Å². The first-order valence-electron chi connectivity index (χ1n) is 12.4. The lowest BCUT2D eigenvalue weighted by molar-refractivity contribution is -0.124. The summed E-state index contributed by atoms with van der Waals surface area (Å²) in [5, 5.41) is 14.5. The van der Waals surface area contributed by atoms with Gasteiger partial charge in [0.1, 0.15) is 5.56 Å². The van der Waals surface area contributed by atoms with E-state index in [2.05, 4.69) is 17.0 Å². The summed E-state index contributed by atoms with van der Waals surface area (Å²) >= 11 is 0. The number of Topliss-reactive ketones (excluding diaryl/α,β-unsaturated/α-hetero) is 1. The number of aromatic carboxylic acids is 1. The van der Waals surface area contributed by atoms with Crippen LogP contribution in [0, 0.1) is 11.8 Å². The molecule has 0 atom stereocenters. The molecule has 0 radical (unpaired) electrons. The number of nitrogens with zero attached hydrogens (tertiary/aromatic N) is 4. The molecule has 1 aliphatic carbocycles. The highest BCUT2D eigenvalue weighted by molar-refractivity contribution is 6.02. The number of carboxylic acid groups (broad SMARTS) is 1. The van der Waals surface area contributed by atoms with Crippen LogP contribution in [0.3, 0.4) is 0 Å². The van der Waals surface area contributed by atoms with E-state index in [4.69, 9.17) is 0 Å². The molecule has 1 saturated carbocycles. The van der Waals surface area contributed by atoms with E-state index in [1.165, 1.54) is 24.0 Å². The fourth-order valence-corrected chi connectivity index (χ4v) is 4.73. The van der Waals surface area contributed by atoms with Gasteiger partial charge in [-0.3, -0.25) is 19.5 Å². The lowest BCUT2D eigenvalue weighted by Crippen LogP contribution is -2.43. The van der Waals surface area contributed by atoms with E-state index < -0.39 is 5.97 Å². The van der Waals surface area contributed by atoms with Crippen LogP contribution in [-0.2, 0) is 4.79 Å². The normalized spacial score (nSPS) is 17.7. The van der Waals surface area contributed by atoms with Crippen molar-refractivity contribution >= 4 is 23.5 Å². The molecular weight excluding hydrogens is 456 g/mol. The molecule has 0 bridgehead atoms. The Balaban J connectivity index is 1.66. The Kier molecular flexibility index (Phi) is 7.33. The molecule has 3 aromatic rings. The fourth-order valence-electron chi connectivity index (χ4n) is 4.73. The van der Waals surface area contributed by atoms with Crippen LogP contribution in [-0.4, -0.2) is 43.6 Å². The zero-order valence-corrected chi connectivity index (χ0v) is 21.1. The summed E-state index contributed by atoms with van der Waals surface area (Å²) in [4.78, 5) is 43.0. The fraction of sp³-hybridized carbons (Fsp3) is 0.393. The largest absolute Gasteiger partial charge is 0.477 e. The Bertz CT molecular complexity index is 1270. The minimum Gasteiger partial charge on any atom is -0.477 e. The Morgan fingerprint density at radius 2 is 1.69 bits per heavy atom. The average Bonchev–Trinajstić information content (AvgIpc) is 3.29. The van der Waals surface area contributed by atoms with Gasteiger partial charge in [-0.25, -0.2) is 9.48 Å². The predicted octanol–water partition coefficient (Wildman–Crippen LogP) is 5.40. The number of rotatable bonds is 7. The van der Waals surface area contributed by atoms with E-state index >= 15 is 0 Å². The predicted molar refractivity (Wildman–Crippen MR) is 138 cm³/mol. The molecule has 36 heavy (non-hydrogen) atoms. The molecule has 0 spiro atoms. The molecule has 1 N–H and O–H groups in total. The number of anilines is 1. The number of benzene rings is 1. The number of carboxylic acids is 1. The molecule has 4 rings (SSSR count). The zero-order valence-electron chi connectivity index (χ0n) is 21.1. The number of hydrogen-bond acceptors (Lipinski definition) is 5. The lowest BCUT2D eigenvalue weighted by Gasteiger charge is -2.32. The van der Waals surface area contributed by atoms with Gasteiger partial charge in [0.15, 0.2) is 11.6 Å². The van der Waals surface area contributed by atoms with Crippen molar-refractivity contribution in [1.82, 2.24) is 14.8 Å². The molecule has 0 saturated heterocycles. The van der Waals surface area contributed by atoms with Crippen LogP contribution >= 0.6 is 0 Å².